The maximum Gasteiger partial charge on any atom is 0.143 e. The standard InChI is InChI=1S/C11H9N5O/c1-7-2-10(16-6-13-14-15-16)8(4-12)3-9(7)11-5-17-11/h2-3,6,11H,5H2,1H3/t11-/m0/s1. The third-order valence-electron chi connectivity index (χ3n) is 2.78. The van der Waals surface area contributed by atoms with Gasteiger partial charge in [-0.2, -0.15) is 9.94 Å². The molecule has 6 nitrogen and oxygen atoms in total. The van der Waals surface area contributed by atoms with Crippen molar-refractivity contribution in [3.63, 3.8) is 0 Å². The summed E-state index contributed by atoms with van der Waals surface area (Å²) in [7, 11) is 0. The Kier molecular flexibility index (Phi) is 2.13. The van der Waals surface area contributed by atoms with Crippen LogP contribution in [0.15, 0.2) is 18.5 Å². The number of hydrogen-bond acceptors (Lipinski definition) is 5. The number of aryl methyl sites for hydroxylation is 1. The zero-order valence-corrected chi connectivity index (χ0v) is 9.16. The SMILES string of the molecule is Cc1cc(-n2cnnn2)c(C#N)cc1[C@@H]1CO1. The largest absolute Gasteiger partial charge is 0.368 e. The van der Waals surface area contributed by atoms with Gasteiger partial charge in [-0.1, -0.05) is 0 Å². The van der Waals surface area contributed by atoms with E-state index >= 15 is 0 Å². The molecule has 17 heavy (non-hydrogen) atoms. The van der Waals surface area contributed by atoms with E-state index in [1.165, 1.54) is 11.0 Å². The summed E-state index contributed by atoms with van der Waals surface area (Å²) in [6.45, 7) is 2.72. The van der Waals surface area contributed by atoms with E-state index < -0.39 is 0 Å². The van der Waals surface area contributed by atoms with Crippen molar-refractivity contribution >= 4 is 0 Å². The number of rotatable bonds is 2. The van der Waals surface area contributed by atoms with Crippen molar-refractivity contribution in [2.24, 2.45) is 0 Å². The van der Waals surface area contributed by atoms with Crippen LogP contribution in [-0.2, 0) is 4.74 Å². The fraction of sp³-hybridized carbons (Fsp3) is 0.273. The zero-order chi connectivity index (χ0) is 11.8. The summed E-state index contributed by atoms with van der Waals surface area (Å²) in [5, 5.41) is 20.1. The quantitative estimate of drug-likeness (QED) is 0.712. The molecule has 1 aromatic heterocycles. The van der Waals surface area contributed by atoms with Gasteiger partial charge in [0.2, 0.25) is 0 Å². The molecule has 1 aliphatic rings. The number of aromatic nitrogens is 4. The minimum Gasteiger partial charge on any atom is -0.368 e. The second-order valence-electron chi connectivity index (χ2n) is 3.91. The van der Waals surface area contributed by atoms with Gasteiger partial charge in [-0.05, 0) is 40.6 Å². The number of epoxide rings is 1. The molecule has 1 atom stereocenters. The van der Waals surface area contributed by atoms with E-state index in [-0.39, 0.29) is 6.10 Å². The molecule has 0 N–H and O–H groups in total. The van der Waals surface area contributed by atoms with Crippen molar-refractivity contribution in [3.05, 3.63) is 35.2 Å². The average molecular weight is 227 g/mol. The molecule has 0 spiro atoms. The highest BCUT2D eigenvalue weighted by Crippen LogP contribution is 2.34. The van der Waals surface area contributed by atoms with Gasteiger partial charge in [-0.15, -0.1) is 5.10 Å². The summed E-state index contributed by atoms with van der Waals surface area (Å²) in [5.41, 5.74) is 3.39. The lowest BCUT2D eigenvalue weighted by Crippen LogP contribution is -2.01. The van der Waals surface area contributed by atoms with Gasteiger partial charge in [0.1, 0.15) is 18.5 Å². The molecule has 0 amide bonds. The Hall–Kier alpha value is -2.26. The first-order valence-corrected chi connectivity index (χ1v) is 5.19. The average Bonchev–Trinajstić information content (AvgIpc) is 3.04. The molecule has 0 unspecified atom stereocenters. The number of nitriles is 1. The zero-order valence-electron chi connectivity index (χ0n) is 9.16. The van der Waals surface area contributed by atoms with E-state index in [1.807, 2.05) is 19.1 Å². The molecule has 3 rings (SSSR count). The van der Waals surface area contributed by atoms with Crippen LogP contribution >= 0.6 is 0 Å². The summed E-state index contributed by atoms with van der Waals surface area (Å²) < 4.78 is 6.74. The van der Waals surface area contributed by atoms with Gasteiger partial charge in [0.25, 0.3) is 0 Å². The number of tetrazole rings is 1. The highest BCUT2D eigenvalue weighted by molar-refractivity contribution is 5.53. The van der Waals surface area contributed by atoms with Crippen molar-refractivity contribution in [1.82, 2.24) is 20.2 Å². The van der Waals surface area contributed by atoms with Crippen LogP contribution in [0.25, 0.3) is 5.69 Å². The summed E-state index contributed by atoms with van der Waals surface area (Å²) in [5.74, 6) is 0. The van der Waals surface area contributed by atoms with Crippen LogP contribution in [0, 0.1) is 18.3 Å². The van der Waals surface area contributed by atoms with Crippen molar-refractivity contribution in [2.75, 3.05) is 6.61 Å². The van der Waals surface area contributed by atoms with Gasteiger partial charge < -0.3 is 4.74 Å². The Labute approximate surface area is 97.4 Å². The molecule has 0 saturated carbocycles. The molecule has 2 heterocycles. The van der Waals surface area contributed by atoms with E-state index in [9.17, 15) is 0 Å². The molecule has 1 aliphatic heterocycles. The maximum atomic E-state index is 9.16. The number of ether oxygens (including phenoxy) is 1. The number of nitrogens with zero attached hydrogens (tertiary/aromatic N) is 5. The smallest absolute Gasteiger partial charge is 0.143 e. The lowest BCUT2D eigenvalue weighted by molar-refractivity contribution is 0.415. The van der Waals surface area contributed by atoms with E-state index in [2.05, 4.69) is 21.6 Å². The summed E-state index contributed by atoms with van der Waals surface area (Å²) in [4.78, 5) is 0. The molecule has 6 heteroatoms. The van der Waals surface area contributed by atoms with Crippen LogP contribution in [-0.4, -0.2) is 26.8 Å². The van der Waals surface area contributed by atoms with Gasteiger partial charge in [0.05, 0.1) is 17.9 Å². The molecule has 84 valence electrons. The van der Waals surface area contributed by atoms with Crippen LogP contribution in [0.3, 0.4) is 0 Å². The van der Waals surface area contributed by atoms with Crippen LogP contribution in [0.5, 0.6) is 0 Å². The van der Waals surface area contributed by atoms with Gasteiger partial charge >= 0.3 is 0 Å². The van der Waals surface area contributed by atoms with E-state index in [1.54, 1.807) is 0 Å². The van der Waals surface area contributed by atoms with Crippen LogP contribution in [0.1, 0.15) is 22.8 Å². The third kappa shape index (κ3) is 1.66. The highest BCUT2D eigenvalue weighted by Gasteiger charge is 2.27. The fourth-order valence-electron chi connectivity index (χ4n) is 1.83. The normalized spacial score (nSPS) is 17.8. The van der Waals surface area contributed by atoms with Crippen molar-refractivity contribution < 1.29 is 4.74 Å². The lowest BCUT2D eigenvalue weighted by atomic mass is 10.0. The number of hydrogen-bond donors (Lipinski definition) is 0. The molecular weight excluding hydrogens is 218 g/mol. The first kappa shape index (κ1) is 9.93. The van der Waals surface area contributed by atoms with Crippen LogP contribution in [0.4, 0.5) is 0 Å². The lowest BCUT2D eigenvalue weighted by Gasteiger charge is -2.08. The van der Waals surface area contributed by atoms with Crippen LogP contribution in [0.2, 0.25) is 0 Å². The molecule has 1 saturated heterocycles. The monoisotopic (exact) mass is 227 g/mol. The Morgan fingerprint density at radius 3 is 2.94 bits per heavy atom. The van der Waals surface area contributed by atoms with Crippen molar-refractivity contribution in [1.29, 1.82) is 5.26 Å². The Morgan fingerprint density at radius 1 is 1.53 bits per heavy atom. The van der Waals surface area contributed by atoms with E-state index in [0.29, 0.717) is 11.3 Å². The predicted molar refractivity (Wildman–Crippen MR) is 57.3 cm³/mol. The Morgan fingerprint density at radius 2 is 2.35 bits per heavy atom. The molecule has 1 aromatic carbocycles. The molecule has 2 aromatic rings. The minimum absolute atomic E-state index is 0.144. The van der Waals surface area contributed by atoms with E-state index in [0.717, 1.165) is 17.7 Å². The van der Waals surface area contributed by atoms with Gasteiger partial charge in [-0.3, -0.25) is 0 Å². The fourth-order valence-corrected chi connectivity index (χ4v) is 1.83. The Bertz CT molecular complexity index is 595. The van der Waals surface area contributed by atoms with Crippen molar-refractivity contribution in [3.8, 4) is 11.8 Å². The first-order chi connectivity index (χ1) is 8.29. The molecular formula is C11H9N5O. The minimum atomic E-state index is 0.144. The topological polar surface area (TPSA) is 79.9 Å². The number of benzene rings is 1. The molecule has 0 radical (unpaired) electrons. The van der Waals surface area contributed by atoms with Gasteiger partial charge in [0, 0.05) is 0 Å². The molecule has 0 aliphatic carbocycles. The van der Waals surface area contributed by atoms with Gasteiger partial charge in [0.15, 0.2) is 0 Å². The van der Waals surface area contributed by atoms with E-state index in [4.69, 9.17) is 10.00 Å². The van der Waals surface area contributed by atoms with Crippen LogP contribution < -0.4 is 0 Å². The second kappa shape index (κ2) is 3.64. The Balaban J connectivity index is 2.16. The third-order valence-corrected chi connectivity index (χ3v) is 2.78. The molecule has 1 fully saturated rings. The van der Waals surface area contributed by atoms with Gasteiger partial charge in [-0.25, -0.2) is 0 Å². The van der Waals surface area contributed by atoms with Crippen molar-refractivity contribution in [2.45, 2.75) is 13.0 Å². The summed E-state index contributed by atoms with van der Waals surface area (Å²) in [6, 6.07) is 5.92. The molecule has 0 bridgehead atoms. The summed E-state index contributed by atoms with van der Waals surface area (Å²) >= 11 is 0. The first-order valence-electron chi connectivity index (χ1n) is 5.19. The predicted octanol–water partition coefficient (Wildman–Crippen LogP) is 0.914. The second-order valence-corrected chi connectivity index (χ2v) is 3.91. The summed E-state index contributed by atoms with van der Waals surface area (Å²) in [6.07, 6.45) is 1.62. The maximum absolute atomic E-state index is 9.16. The highest BCUT2D eigenvalue weighted by atomic mass is 16.6.